The molecule has 6 rings (SSSR count). The van der Waals surface area contributed by atoms with Crippen LogP contribution < -0.4 is 31.9 Å². The molecule has 0 fully saturated rings. The molecule has 0 atom stereocenters. The van der Waals surface area contributed by atoms with Gasteiger partial charge in [-0.2, -0.15) is 0 Å². The maximum atomic E-state index is 11.5. The second kappa shape index (κ2) is 18.3. The topological polar surface area (TPSA) is 239 Å². The smallest absolute Gasteiger partial charge is 0.296 e. The predicted molar refractivity (Wildman–Crippen MR) is 180 cm³/mol. The van der Waals surface area contributed by atoms with E-state index in [1.165, 1.54) is 24.8 Å². The highest BCUT2D eigenvalue weighted by Crippen LogP contribution is 2.13. The molecule has 0 aliphatic rings. The fourth-order valence-electron chi connectivity index (χ4n) is 2.94. The molecule has 6 N–H and O–H groups in total. The van der Waals surface area contributed by atoms with Crippen molar-refractivity contribution < 1.29 is 14.4 Å². The number of hydrogen-bond acceptors (Lipinski definition) is 15. The zero-order valence-corrected chi connectivity index (χ0v) is 27.1. The molecule has 0 aliphatic heterocycles. The summed E-state index contributed by atoms with van der Waals surface area (Å²) in [7, 11) is 0. The maximum absolute atomic E-state index is 11.5. The summed E-state index contributed by atoms with van der Waals surface area (Å²) in [4.78, 5) is 46.1. The Labute approximate surface area is 283 Å². The summed E-state index contributed by atoms with van der Waals surface area (Å²) < 4.78 is 10.9. The van der Waals surface area contributed by atoms with Crippen LogP contribution in [0, 0.1) is 6.92 Å². The Hall–Kier alpha value is -5.77. The van der Waals surface area contributed by atoms with Crippen molar-refractivity contribution in [2.75, 3.05) is 31.9 Å². The summed E-state index contributed by atoms with van der Waals surface area (Å²) in [6.45, 7) is 1.93. The molecule has 6 amide bonds. The van der Waals surface area contributed by atoms with Crippen molar-refractivity contribution in [3.05, 3.63) is 90.2 Å². The molecule has 18 nitrogen and oxygen atoms in total. The van der Waals surface area contributed by atoms with Gasteiger partial charge in [-0.05, 0) is 48.9 Å². The molecule has 0 radical (unpaired) electrons. The van der Waals surface area contributed by atoms with Crippen molar-refractivity contribution in [3.8, 4) is 0 Å². The number of anilines is 6. The van der Waals surface area contributed by atoms with E-state index in [4.69, 9.17) is 11.6 Å². The Morgan fingerprint density at radius 1 is 0.574 bits per heavy atom. The van der Waals surface area contributed by atoms with E-state index in [-0.39, 0.29) is 12.1 Å². The molecule has 22 heteroatoms. The summed E-state index contributed by atoms with van der Waals surface area (Å²) in [5, 5.41) is 28.5. The van der Waals surface area contributed by atoms with Gasteiger partial charge < -0.3 is 0 Å². The highest BCUT2D eigenvalue weighted by Gasteiger charge is 2.06. The SMILES string of the molecule is Cc1ccnc(NC(=O)Nc2cnns2)c1.O=C(Nc1ccc(Cl)cn1)Nc1cnns1.O=C(Nc1ccccn1)Nc1cnns1. The summed E-state index contributed by atoms with van der Waals surface area (Å²) >= 11 is 8.97. The number of aryl methyl sites for hydroxylation is 1. The zero-order valence-electron chi connectivity index (χ0n) is 23.9. The first-order valence-corrected chi connectivity index (χ1v) is 15.5. The summed E-state index contributed by atoms with van der Waals surface area (Å²) in [5.74, 6) is 1.42. The normalized spacial score (nSPS) is 9.74. The van der Waals surface area contributed by atoms with E-state index >= 15 is 0 Å². The Morgan fingerprint density at radius 3 is 1.51 bits per heavy atom. The minimum absolute atomic E-state index is 0.357. The quantitative estimate of drug-likeness (QED) is 0.122. The number of halogens is 1. The lowest BCUT2D eigenvalue weighted by molar-refractivity contribution is 0.261. The van der Waals surface area contributed by atoms with E-state index in [2.05, 4.69) is 75.6 Å². The predicted octanol–water partition coefficient (Wildman–Crippen LogP) is 5.69. The Kier molecular flexibility index (Phi) is 13.3. The van der Waals surface area contributed by atoms with Gasteiger partial charge in [-0.15, -0.1) is 15.3 Å². The molecule has 0 saturated heterocycles. The van der Waals surface area contributed by atoms with E-state index in [1.54, 1.807) is 48.8 Å². The highest BCUT2D eigenvalue weighted by molar-refractivity contribution is 7.10. The lowest BCUT2D eigenvalue weighted by Gasteiger charge is -2.04. The minimum atomic E-state index is -0.402. The van der Waals surface area contributed by atoms with Gasteiger partial charge in [0.1, 0.15) is 32.5 Å². The molecule has 0 bridgehead atoms. The largest absolute Gasteiger partial charge is 0.325 e. The van der Waals surface area contributed by atoms with Crippen LogP contribution in [0.25, 0.3) is 0 Å². The van der Waals surface area contributed by atoms with Gasteiger partial charge in [0.05, 0.1) is 23.6 Å². The molecule has 0 spiro atoms. The monoisotopic (exact) mass is 711 g/mol. The number of nitrogens with one attached hydrogen (secondary N) is 6. The second-order valence-corrected chi connectivity index (χ2v) is 11.2. The first-order valence-electron chi connectivity index (χ1n) is 12.8. The number of amides is 6. The zero-order chi connectivity index (χ0) is 33.3. The Balaban J connectivity index is 0.000000160. The molecule has 0 aliphatic carbocycles. The average molecular weight is 712 g/mol. The number of urea groups is 3. The number of pyridine rings is 3. The molecule has 47 heavy (non-hydrogen) atoms. The maximum Gasteiger partial charge on any atom is 0.325 e. The van der Waals surface area contributed by atoms with Crippen LogP contribution in [0.3, 0.4) is 0 Å². The van der Waals surface area contributed by atoms with Gasteiger partial charge in [0, 0.05) is 53.2 Å². The average Bonchev–Trinajstić information content (AvgIpc) is 3.85. The number of rotatable bonds is 6. The first kappa shape index (κ1) is 34.1. The highest BCUT2D eigenvalue weighted by atomic mass is 35.5. The van der Waals surface area contributed by atoms with Gasteiger partial charge in [-0.3, -0.25) is 31.9 Å². The molecule has 6 aromatic rings. The summed E-state index contributed by atoms with van der Waals surface area (Å²) in [5.41, 5.74) is 1.03. The molecule has 0 aromatic carbocycles. The van der Waals surface area contributed by atoms with Gasteiger partial charge in [-0.25, -0.2) is 29.3 Å². The van der Waals surface area contributed by atoms with Crippen molar-refractivity contribution in [3.63, 3.8) is 0 Å². The minimum Gasteiger partial charge on any atom is -0.296 e. The van der Waals surface area contributed by atoms with Gasteiger partial charge in [-0.1, -0.05) is 31.1 Å². The van der Waals surface area contributed by atoms with E-state index < -0.39 is 6.03 Å². The van der Waals surface area contributed by atoms with E-state index in [1.807, 2.05) is 13.0 Å². The molecular formula is C25H22ClN15O3S3. The molecule has 0 unspecified atom stereocenters. The van der Waals surface area contributed by atoms with E-state index in [0.717, 1.165) is 40.2 Å². The summed E-state index contributed by atoms with van der Waals surface area (Å²) in [6.07, 6.45) is 9.10. The molecule has 240 valence electrons. The Bertz CT molecular complexity index is 1810. The van der Waals surface area contributed by atoms with Crippen molar-refractivity contribution in [2.45, 2.75) is 6.92 Å². The van der Waals surface area contributed by atoms with Crippen LogP contribution in [-0.4, -0.2) is 61.8 Å². The van der Waals surface area contributed by atoms with Crippen molar-refractivity contribution >= 4 is 96.7 Å². The number of carbonyl (C=O) groups is 3. The number of aromatic nitrogens is 9. The first-order chi connectivity index (χ1) is 22.8. The molecular weight excluding hydrogens is 690 g/mol. The van der Waals surface area contributed by atoms with Crippen LogP contribution in [0.4, 0.5) is 46.8 Å². The van der Waals surface area contributed by atoms with E-state index in [0.29, 0.717) is 37.5 Å². The third-order valence-electron chi connectivity index (χ3n) is 4.83. The second-order valence-electron chi connectivity index (χ2n) is 8.38. The standard InChI is InChI=1S/C9H9N5OS.C8H6ClN5OS.C8H7N5OS/c1-6-2-3-10-7(4-6)12-9(15)13-8-5-11-14-16-8;9-5-1-2-6(10-3-5)12-8(15)13-7-4-11-14-16-7;14-8(12-7-5-10-13-15-7)11-6-3-1-2-4-9-6/h2-5H,1H3,(H2,10,12,13,15);1-4H,(H2,10,12,13,15);1-5H,(H2,9,11,12,14). The lowest BCUT2D eigenvalue weighted by Crippen LogP contribution is -2.19. The van der Waals surface area contributed by atoms with Crippen LogP contribution in [0.15, 0.2) is 79.6 Å². The third-order valence-corrected chi connectivity index (χ3v) is 6.79. The fraction of sp³-hybridized carbons (Fsp3) is 0.0400. The van der Waals surface area contributed by atoms with E-state index in [9.17, 15) is 14.4 Å². The number of nitrogens with zero attached hydrogens (tertiary/aromatic N) is 9. The van der Waals surface area contributed by atoms with Crippen LogP contribution in [-0.2, 0) is 0 Å². The lowest BCUT2D eigenvalue weighted by atomic mass is 10.3. The van der Waals surface area contributed by atoms with Crippen molar-refractivity contribution in [1.29, 1.82) is 0 Å². The van der Waals surface area contributed by atoms with Gasteiger partial charge >= 0.3 is 18.1 Å². The van der Waals surface area contributed by atoms with Gasteiger partial charge in [0.15, 0.2) is 0 Å². The van der Waals surface area contributed by atoms with Crippen LogP contribution in [0.5, 0.6) is 0 Å². The van der Waals surface area contributed by atoms with Gasteiger partial charge in [0.2, 0.25) is 0 Å². The molecule has 6 aromatic heterocycles. The van der Waals surface area contributed by atoms with Crippen molar-refractivity contribution in [1.82, 2.24) is 43.7 Å². The third kappa shape index (κ3) is 13.0. The van der Waals surface area contributed by atoms with Gasteiger partial charge in [0.25, 0.3) is 0 Å². The summed E-state index contributed by atoms with van der Waals surface area (Å²) in [6, 6.07) is 11.0. The van der Waals surface area contributed by atoms with Crippen molar-refractivity contribution in [2.24, 2.45) is 0 Å². The van der Waals surface area contributed by atoms with Crippen LogP contribution in [0.1, 0.15) is 5.56 Å². The molecule has 0 saturated carbocycles. The van der Waals surface area contributed by atoms with Crippen LogP contribution in [0.2, 0.25) is 5.02 Å². The Morgan fingerprint density at radius 2 is 1.09 bits per heavy atom. The number of carbonyl (C=O) groups excluding carboxylic acids is 3. The number of hydrogen-bond donors (Lipinski definition) is 6. The fourth-order valence-corrected chi connectivity index (χ4v) is 4.29. The molecule has 6 heterocycles. The van der Waals surface area contributed by atoms with Crippen LogP contribution >= 0.6 is 46.2 Å².